The Hall–Kier alpha value is -2.43. The molecule has 0 radical (unpaired) electrons. The predicted molar refractivity (Wildman–Crippen MR) is 89.8 cm³/mol. The Balaban J connectivity index is 1.94. The van der Waals surface area contributed by atoms with Crippen LogP contribution in [0.5, 0.6) is 0 Å². The number of para-hydroxylation sites is 1. The summed E-state index contributed by atoms with van der Waals surface area (Å²) in [6, 6.07) is 10.9. The first-order valence-electron chi connectivity index (χ1n) is 8.04. The zero-order valence-electron chi connectivity index (χ0n) is 13.5. The predicted octanol–water partition coefficient (Wildman–Crippen LogP) is 2.49. The fourth-order valence-corrected chi connectivity index (χ4v) is 2.92. The van der Waals surface area contributed by atoms with Gasteiger partial charge < -0.3 is 4.90 Å². The molecule has 0 unspecified atom stereocenters. The lowest BCUT2D eigenvalue weighted by Crippen LogP contribution is -2.37. The van der Waals surface area contributed by atoms with Crippen LogP contribution < -0.4 is 10.5 Å². The number of amides is 1. The van der Waals surface area contributed by atoms with Gasteiger partial charge in [0.05, 0.1) is 0 Å². The lowest BCUT2D eigenvalue weighted by Gasteiger charge is -2.29. The summed E-state index contributed by atoms with van der Waals surface area (Å²) in [7, 11) is 0. The minimum absolute atomic E-state index is 0.144. The number of benzene rings is 1. The maximum atomic E-state index is 12.9. The van der Waals surface area contributed by atoms with Crippen LogP contribution in [0.4, 0.5) is 5.69 Å². The van der Waals surface area contributed by atoms with Crippen LogP contribution in [-0.2, 0) is 13.0 Å². The highest BCUT2D eigenvalue weighted by Crippen LogP contribution is 2.27. The number of rotatable bonds is 3. The lowest BCUT2D eigenvalue weighted by molar-refractivity contribution is 0.0977. The van der Waals surface area contributed by atoms with Gasteiger partial charge in [0.15, 0.2) is 0 Å². The van der Waals surface area contributed by atoms with Gasteiger partial charge in [-0.15, -0.1) is 0 Å². The lowest BCUT2D eigenvalue weighted by atomic mass is 10.0. The number of aromatic nitrogens is 2. The van der Waals surface area contributed by atoms with Crippen molar-refractivity contribution in [2.75, 3.05) is 11.4 Å². The van der Waals surface area contributed by atoms with Gasteiger partial charge in [0.25, 0.3) is 11.5 Å². The number of nitrogens with zero attached hydrogens (tertiary/aromatic N) is 3. The van der Waals surface area contributed by atoms with E-state index in [0.717, 1.165) is 18.5 Å². The highest BCUT2D eigenvalue weighted by atomic mass is 16.2. The maximum Gasteiger partial charge on any atom is 0.278 e. The summed E-state index contributed by atoms with van der Waals surface area (Å²) in [4.78, 5) is 26.5. The van der Waals surface area contributed by atoms with Crippen LogP contribution >= 0.6 is 0 Å². The minimum Gasteiger partial charge on any atom is -0.307 e. The maximum absolute atomic E-state index is 12.9. The van der Waals surface area contributed by atoms with Crippen molar-refractivity contribution >= 4 is 11.6 Å². The SMILES string of the molecule is CC(C)Cn1nc(C(=O)N2CCCc3ccccc32)ccc1=O. The number of hydrogen-bond donors (Lipinski definition) is 0. The molecule has 5 nitrogen and oxygen atoms in total. The highest BCUT2D eigenvalue weighted by molar-refractivity contribution is 6.05. The first-order valence-corrected chi connectivity index (χ1v) is 8.04. The van der Waals surface area contributed by atoms with Gasteiger partial charge in [-0.05, 0) is 36.5 Å². The standard InChI is InChI=1S/C18H21N3O2/c1-13(2)12-21-17(22)10-9-15(19-21)18(23)20-11-5-7-14-6-3-4-8-16(14)20/h3-4,6,8-10,13H,5,7,11-12H2,1-2H3. The zero-order valence-corrected chi connectivity index (χ0v) is 13.5. The molecule has 3 rings (SSSR count). The van der Waals surface area contributed by atoms with E-state index in [1.165, 1.54) is 22.4 Å². The van der Waals surface area contributed by atoms with Crippen molar-refractivity contribution in [2.24, 2.45) is 5.92 Å². The number of anilines is 1. The average molecular weight is 311 g/mol. The third-order valence-corrected chi connectivity index (χ3v) is 3.98. The molecular weight excluding hydrogens is 290 g/mol. The van der Waals surface area contributed by atoms with Crippen molar-refractivity contribution < 1.29 is 4.79 Å². The molecule has 1 amide bonds. The molecule has 1 aliphatic rings. The number of carbonyl (C=O) groups excluding carboxylic acids is 1. The van der Waals surface area contributed by atoms with Crippen LogP contribution in [0.3, 0.4) is 0 Å². The molecule has 23 heavy (non-hydrogen) atoms. The summed E-state index contributed by atoms with van der Waals surface area (Å²) in [5.74, 6) is 0.149. The fraction of sp³-hybridized carbons (Fsp3) is 0.389. The number of fused-ring (bicyclic) bond motifs is 1. The second kappa shape index (κ2) is 6.36. The van der Waals surface area contributed by atoms with Crippen molar-refractivity contribution in [1.29, 1.82) is 0 Å². The van der Waals surface area contributed by atoms with Gasteiger partial charge in [-0.1, -0.05) is 32.0 Å². The van der Waals surface area contributed by atoms with E-state index in [9.17, 15) is 9.59 Å². The van der Waals surface area contributed by atoms with Crippen LogP contribution in [-0.4, -0.2) is 22.2 Å². The van der Waals surface area contributed by atoms with Crippen LogP contribution in [0.25, 0.3) is 0 Å². The summed E-state index contributed by atoms with van der Waals surface area (Å²) in [6.45, 7) is 5.23. The molecule has 5 heteroatoms. The molecule has 2 heterocycles. The van der Waals surface area contributed by atoms with Gasteiger partial charge in [-0.25, -0.2) is 4.68 Å². The summed E-state index contributed by atoms with van der Waals surface area (Å²) in [5, 5.41) is 4.27. The second-order valence-corrected chi connectivity index (χ2v) is 6.32. The van der Waals surface area contributed by atoms with Crippen molar-refractivity contribution in [1.82, 2.24) is 9.78 Å². The van der Waals surface area contributed by atoms with E-state index in [4.69, 9.17) is 0 Å². The smallest absolute Gasteiger partial charge is 0.278 e. The normalized spacial score (nSPS) is 14.0. The third kappa shape index (κ3) is 3.18. The van der Waals surface area contributed by atoms with E-state index in [1.54, 1.807) is 4.90 Å². The second-order valence-electron chi connectivity index (χ2n) is 6.32. The molecule has 0 fully saturated rings. The molecule has 1 aromatic heterocycles. The van der Waals surface area contributed by atoms with Crippen LogP contribution in [0, 0.1) is 5.92 Å². The molecule has 1 aliphatic heterocycles. The largest absolute Gasteiger partial charge is 0.307 e. The van der Waals surface area contributed by atoms with Crippen LogP contribution in [0.15, 0.2) is 41.2 Å². The first kappa shape index (κ1) is 15.5. The fourth-order valence-electron chi connectivity index (χ4n) is 2.92. The summed E-state index contributed by atoms with van der Waals surface area (Å²) < 4.78 is 1.38. The minimum atomic E-state index is -0.172. The molecule has 0 atom stereocenters. The van der Waals surface area contributed by atoms with Crippen molar-refractivity contribution in [3.8, 4) is 0 Å². The topological polar surface area (TPSA) is 55.2 Å². The monoisotopic (exact) mass is 311 g/mol. The quantitative estimate of drug-likeness (QED) is 0.875. The molecule has 0 bridgehead atoms. The Morgan fingerprint density at radius 1 is 1.22 bits per heavy atom. The van der Waals surface area contributed by atoms with Gasteiger partial charge in [0.2, 0.25) is 0 Å². The van der Waals surface area contributed by atoms with E-state index in [2.05, 4.69) is 11.2 Å². The Morgan fingerprint density at radius 2 is 2.00 bits per heavy atom. The molecule has 0 N–H and O–H groups in total. The molecule has 0 saturated heterocycles. The Labute approximate surface area is 135 Å². The average Bonchev–Trinajstić information content (AvgIpc) is 2.55. The van der Waals surface area contributed by atoms with Gasteiger partial charge in [-0.2, -0.15) is 5.10 Å². The molecule has 1 aromatic carbocycles. The van der Waals surface area contributed by atoms with Crippen LogP contribution in [0.1, 0.15) is 36.3 Å². The number of carbonyl (C=O) groups is 1. The number of aryl methyl sites for hydroxylation is 1. The van der Waals surface area contributed by atoms with E-state index in [-0.39, 0.29) is 11.5 Å². The summed E-state index contributed by atoms with van der Waals surface area (Å²) in [5.41, 5.74) is 2.28. The highest BCUT2D eigenvalue weighted by Gasteiger charge is 2.24. The molecule has 120 valence electrons. The Bertz CT molecular complexity index is 780. The van der Waals surface area contributed by atoms with Crippen molar-refractivity contribution in [3.05, 3.63) is 58.0 Å². The Kier molecular flexibility index (Phi) is 4.28. The molecule has 2 aromatic rings. The van der Waals surface area contributed by atoms with E-state index in [0.29, 0.717) is 24.7 Å². The Morgan fingerprint density at radius 3 is 2.78 bits per heavy atom. The number of hydrogen-bond acceptors (Lipinski definition) is 3. The molecule has 0 spiro atoms. The first-order chi connectivity index (χ1) is 11.1. The zero-order chi connectivity index (χ0) is 16.4. The van der Waals surface area contributed by atoms with Crippen LogP contribution in [0.2, 0.25) is 0 Å². The van der Waals surface area contributed by atoms with Crippen molar-refractivity contribution in [3.63, 3.8) is 0 Å². The third-order valence-electron chi connectivity index (χ3n) is 3.98. The van der Waals surface area contributed by atoms with E-state index < -0.39 is 0 Å². The van der Waals surface area contributed by atoms with Crippen molar-refractivity contribution in [2.45, 2.75) is 33.2 Å². The molecular formula is C18H21N3O2. The summed E-state index contributed by atoms with van der Waals surface area (Å²) in [6.07, 6.45) is 1.93. The van der Waals surface area contributed by atoms with Gasteiger partial charge >= 0.3 is 0 Å². The molecule has 0 saturated carbocycles. The van der Waals surface area contributed by atoms with E-state index >= 15 is 0 Å². The van der Waals surface area contributed by atoms with Gasteiger partial charge in [0.1, 0.15) is 5.69 Å². The van der Waals surface area contributed by atoms with Gasteiger partial charge in [0, 0.05) is 24.8 Å². The summed E-state index contributed by atoms with van der Waals surface area (Å²) >= 11 is 0. The van der Waals surface area contributed by atoms with E-state index in [1.807, 2.05) is 32.0 Å². The van der Waals surface area contributed by atoms with Gasteiger partial charge in [-0.3, -0.25) is 9.59 Å². The molecule has 0 aliphatic carbocycles.